The quantitative estimate of drug-likeness (QED) is 0.841. The predicted octanol–water partition coefficient (Wildman–Crippen LogP) is 1.79. The molecule has 1 aliphatic heterocycles. The maximum atomic E-state index is 11.2. The van der Waals surface area contributed by atoms with Crippen LogP contribution in [-0.2, 0) is 9.53 Å². The van der Waals surface area contributed by atoms with Crippen molar-refractivity contribution in [1.82, 2.24) is 0 Å². The van der Waals surface area contributed by atoms with Crippen LogP contribution in [0.25, 0.3) is 0 Å². The number of hydrogen-bond acceptors (Lipinski definition) is 4. The van der Waals surface area contributed by atoms with Crippen LogP contribution >= 0.6 is 0 Å². The number of para-hydroxylation sites is 1. The van der Waals surface area contributed by atoms with Gasteiger partial charge < -0.3 is 15.4 Å². The second-order valence-corrected chi connectivity index (χ2v) is 5.22. The van der Waals surface area contributed by atoms with Crippen LogP contribution in [0.2, 0.25) is 0 Å². The highest BCUT2D eigenvalue weighted by Gasteiger charge is 2.25. The molecule has 4 nitrogen and oxygen atoms in total. The van der Waals surface area contributed by atoms with Gasteiger partial charge in [-0.05, 0) is 30.9 Å². The molecule has 1 aliphatic rings. The summed E-state index contributed by atoms with van der Waals surface area (Å²) in [6.07, 6.45) is 2.32. The van der Waals surface area contributed by atoms with Crippen LogP contribution in [0.4, 0.5) is 5.69 Å². The van der Waals surface area contributed by atoms with Crippen LogP contribution < -0.4 is 10.6 Å². The van der Waals surface area contributed by atoms with Gasteiger partial charge in [0.15, 0.2) is 0 Å². The predicted molar refractivity (Wildman–Crippen MR) is 76.0 cm³/mol. The van der Waals surface area contributed by atoms with Crippen molar-refractivity contribution in [3.05, 3.63) is 30.3 Å². The summed E-state index contributed by atoms with van der Waals surface area (Å²) < 4.78 is 4.70. The molecule has 0 saturated carbocycles. The van der Waals surface area contributed by atoms with E-state index in [0.29, 0.717) is 12.3 Å². The highest BCUT2D eigenvalue weighted by Crippen LogP contribution is 2.25. The fourth-order valence-corrected chi connectivity index (χ4v) is 2.73. The second kappa shape index (κ2) is 6.57. The molecule has 0 aliphatic carbocycles. The average molecular weight is 262 g/mol. The van der Waals surface area contributed by atoms with Crippen molar-refractivity contribution in [3.63, 3.8) is 0 Å². The summed E-state index contributed by atoms with van der Waals surface area (Å²) in [4.78, 5) is 13.5. The van der Waals surface area contributed by atoms with Gasteiger partial charge >= 0.3 is 5.97 Å². The van der Waals surface area contributed by atoms with E-state index in [1.54, 1.807) is 0 Å². The molecule has 1 aromatic carbocycles. The second-order valence-electron chi connectivity index (χ2n) is 5.22. The van der Waals surface area contributed by atoms with Gasteiger partial charge in [0.2, 0.25) is 0 Å². The Morgan fingerprint density at radius 2 is 2.11 bits per heavy atom. The molecule has 2 rings (SSSR count). The first kappa shape index (κ1) is 13.9. The van der Waals surface area contributed by atoms with Crippen LogP contribution in [0, 0.1) is 5.92 Å². The summed E-state index contributed by atoms with van der Waals surface area (Å²) in [5.41, 5.74) is 7.34. The molecule has 1 fully saturated rings. The van der Waals surface area contributed by atoms with E-state index in [1.807, 2.05) is 18.2 Å². The maximum Gasteiger partial charge on any atom is 0.305 e. The topological polar surface area (TPSA) is 55.6 Å². The Balaban J connectivity index is 1.94. The van der Waals surface area contributed by atoms with Crippen LogP contribution in [-0.4, -0.2) is 32.2 Å². The standard InChI is InChI=1S/C15H22N2O2/c1-19-15(18)8-7-12-9-13(16)11-17(10-12)14-5-3-2-4-6-14/h2-6,12-13H,7-11,16H2,1H3. The molecule has 1 saturated heterocycles. The average Bonchev–Trinajstić information content (AvgIpc) is 2.45. The van der Waals surface area contributed by atoms with Gasteiger partial charge in [0, 0.05) is 31.2 Å². The minimum absolute atomic E-state index is 0.134. The lowest BCUT2D eigenvalue weighted by molar-refractivity contribution is -0.140. The van der Waals surface area contributed by atoms with Crippen LogP contribution in [0.15, 0.2) is 30.3 Å². The van der Waals surface area contributed by atoms with Gasteiger partial charge in [0.25, 0.3) is 0 Å². The number of nitrogens with two attached hydrogens (primary N) is 1. The molecule has 2 N–H and O–H groups in total. The fraction of sp³-hybridized carbons (Fsp3) is 0.533. The lowest BCUT2D eigenvalue weighted by atomic mass is 9.90. The van der Waals surface area contributed by atoms with E-state index in [0.717, 1.165) is 25.9 Å². The Bertz CT molecular complexity index is 408. The van der Waals surface area contributed by atoms with Crippen molar-refractivity contribution in [2.24, 2.45) is 11.7 Å². The molecule has 0 spiro atoms. The third-order valence-corrected chi connectivity index (χ3v) is 3.68. The Kier molecular flexibility index (Phi) is 4.80. The normalized spacial score (nSPS) is 23.2. The summed E-state index contributed by atoms with van der Waals surface area (Å²) in [6.45, 7) is 1.85. The first-order valence-electron chi connectivity index (χ1n) is 6.81. The Hall–Kier alpha value is -1.55. The third kappa shape index (κ3) is 3.96. The van der Waals surface area contributed by atoms with Gasteiger partial charge in [-0.1, -0.05) is 18.2 Å². The summed E-state index contributed by atoms with van der Waals surface area (Å²) in [5, 5.41) is 0. The van der Waals surface area contributed by atoms with E-state index in [1.165, 1.54) is 12.8 Å². The lowest BCUT2D eigenvalue weighted by Crippen LogP contribution is -2.47. The number of rotatable bonds is 4. The number of ether oxygens (including phenoxy) is 1. The lowest BCUT2D eigenvalue weighted by Gasteiger charge is -2.37. The van der Waals surface area contributed by atoms with Crippen LogP contribution in [0.1, 0.15) is 19.3 Å². The molecule has 0 bridgehead atoms. The molecule has 0 amide bonds. The minimum atomic E-state index is -0.134. The van der Waals surface area contributed by atoms with Gasteiger partial charge in [-0.25, -0.2) is 0 Å². The number of carbonyl (C=O) groups is 1. The number of nitrogens with zero attached hydrogens (tertiary/aromatic N) is 1. The largest absolute Gasteiger partial charge is 0.469 e. The minimum Gasteiger partial charge on any atom is -0.469 e. The zero-order valence-corrected chi connectivity index (χ0v) is 11.4. The smallest absolute Gasteiger partial charge is 0.305 e. The summed E-state index contributed by atoms with van der Waals surface area (Å²) in [7, 11) is 1.44. The first-order chi connectivity index (χ1) is 9.19. The van der Waals surface area contributed by atoms with E-state index in [4.69, 9.17) is 10.5 Å². The zero-order chi connectivity index (χ0) is 13.7. The van der Waals surface area contributed by atoms with Gasteiger partial charge in [0.1, 0.15) is 0 Å². The highest BCUT2D eigenvalue weighted by atomic mass is 16.5. The zero-order valence-electron chi connectivity index (χ0n) is 11.4. The number of carbonyl (C=O) groups excluding carboxylic acids is 1. The van der Waals surface area contributed by atoms with Crippen molar-refractivity contribution in [2.45, 2.75) is 25.3 Å². The molecule has 2 atom stereocenters. The fourth-order valence-electron chi connectivity index (χ4n) is 2.73. The summed E-state index contributed by atoms with van der Waals surface area (Å²) in [5.74, 6) is 0.327. The van der Waals surface area contributed by atoms with Gasteiger partial charge in [-0.15, -0.1) is 0 Å². The Labute approximate surface area is 114 Å². The maximum absolute atomic E-state index is 11.2. The van der Waals surface area contributed by atoms with E-state index < -0.39 is 0 Å². The highest BCUT2D eigenvalue weighted by molar-refractivity contribution is 5.69. The van der Waals surface area contributed by atoms with E-state index in [2.05, 4.69) is 17.0 Å². The van der Waals surface area contributed by atoms with Crippen molar-refractivity contribution >= 4 is 11.7 Å². The molecule has 0 aromatic heterocycles. The first-order valence-corrected chi connectivity index (χ1v) is 6.81. The molecule has 0 radical (unpaired) electrons. The Morgan fingerprint density at radius 1 is 1.37 bits per heavy atom. The van der Waals surface area contributed by atoms with Gasteiger partial charge in [-0.2, -0.15) is 0 Å². The van der Waals surface area contributed by atoms with Crippen molar-refractivity contribution < 1.29 is 9.53 Å². The van der Waals surface area contributed by atoms with Crippen LogP contribution in [0.5, 0.6) is 0 Å². The number of methoxy groups -OCH3 is 1. The number of benzene rings is 1. The van der Waals surface area contributed by atoms with Gasteiger partial charge in [-0.3, -0.25) is 4.79 Å². The molecule has 1 heterocycles. The van der Waals surface area contributed by atoms with E-state index in [-0.39, 0.29) is 12.0 Å². The number of anilines is 1. The summed E-state index contributed by atoms with van der Waals surface area (Å²) in [6, 6.07) is 10.5. The van der Waals surface area contributed by atoms with Crippen molar-refractivity contribution in [2.75, 3.05) is 25.1 Å². The van der Waals surface area contributed by atoms with Crippen molar-refractivity contribution in [3.8, 4) is 0 Å². The summed E-state index contributed by atoms with van der Waals surface area (Å²) >= 11 is 0. The monoisotopic (exact) mass is 262 g/mol. The van der Waals surface area contributed by atoms with Gasteiger partial charge in [0.05, 0.1) is 7.11 Å². The van der Waals surface area contributed by atoms with E-state index >= 15 is 0 Å². The molecular formula is C15H22N2O2. The SMILES string of the molecule is COC(=O)CCC1CC(N)CN(c2ccccc2)C1. The molecule has 4 heteroatoms. The van der Waals surface area contributed by atoms with Crippen molar-refractivity contribution in [1.29, 1.82) is 0 Å². The molecule has 1 aromatic rings. The molecular weight excluding hydrogens is 240 g/mol. The van der Waals surface area contributed by atoms with Crippen LogP contribution in [0.3, 0.4) is 0 Å². The Morgan fingerprint density at radius 3 is 2.79 bits per heavy atom. The number of esters is 1. The molecule has 2 unspecified atom stereocenters. The number of piperidine rings is 1. The molecule has 19 heavy (non-hydrogen) atoms. The number of hydrogen-bond donors (Lipinski definition) is 1. The molecule has 104 valence electrons. The third-order valence-electron chi connectivity index (χ3n) is 3.68. The van der Waals surface area contributed by atoms with E-state index in [9.17, 15) is 4.79 Å².